The fourth-order valence-corrected chi connectivity index (χ4v) is 5.51. The molecule has 0 spiro atoms. The van der Waals surface area contributed by atoms with Crippen LogP contribution in [0.1, 0.15) is 24.2 Å². The Labute approximate surface area is 240 Å². The number of hydrogen-bond acceptors (Lipinski definition) is 9. The highest BCUT2D eigenvalue weighted by atomic mass is 35.5. The molecule has 13 heteroatoms. The minimum atomic E-state index is -1.01. The normalized spacial score (nSPS) is 14.8. The highest BCUT2D eigenvalue weighted by Gasteiger charge is 2.48. The number of aromatic nitrogens is 4. The molecule has 0 unspecified atom stereocenters. The van der Waals surface area contributed by atoms with Crippen molar-refractivity contribution in [1.29, 1.82) is 5.26 Å². The number of anilines is 1. The van der Waals surface area contributed by atoms with Crippen molar-refractivity contribution in [3.05, 3.63) is 58.0 Å². The molecule has 0 aliphatic carbocycles. The Morgan fingerprint density at radius 3 is 2.52 bits per heavy atom. The molecular weight excluding hydrogens is 555 g/mol. The lowest BCUT2D eigenvalue weighted by atomic mass is 9.89. The summed E-state index contributed by atoms with van der Waals surface area (Å²) in [7, 11) is 4.87. The van der Waals surface area contributed by atoms with Crippen LogP contribution in [0.5, 0.6) is 11.5 Å². The van der Waals surface area contributed by atoms with Gasteiger partial charge in [0.2, 0.25) is 5.91 Å². The summed E-state index contributed by atoms with van der Waals surface area (Å²) < 4.78 is 11.8. The predicted octanol–water partition coefficient (Wildman–Crippen LogP) is 3.95. The molecule has 5 rings (SSSR count). The summed E-state index contributed by atoms with van der Waals surface area (Å²) in [5.74, 6) is 1.23. The van der Waals surface area contributed by atoms with Crippen LogP contribution in [-0.2, 0) is 4.79 Å². The third kappa shape index (κ3) is 4.75. The molecule has 3 N–H and O–H groups in total. The third-order valence-corrected chi connectivity index (χ3v) is 7.39. The van der Waals surface area contributed by atoms with Gasteiger partial charge < -0.3 is 25.0 Å². The van der Waals surface area contributed by atoms with E-state index in [1.165, 1.54) is 17.3 Å². The van der Waals surface area contributed by atoms with E-state index in [1.807, 2.05) is 11.8 Å². The van der Waals surface area contributed by atoms with Gasteiger partial charge in [-0.05, 0) is 19.1 Å². The zero-order valence-electron chi connectivity index (χ0n) is 22.2. The number of hydrogen-bond donors (Lipinski definition) is 2. The minimum Gasteiger partial charge on any atom is -0.493 e. The number of H-pyrrole nitrogens is 1. The van der Waals surface area contributed by atoms with E-state index in [0.29, 0.717) is 55.3 Å². The number of aromatic amines is 1. The number of likely N-dealkylation sites (N-methyl/N-ethyl adjacent to an activating group) is 1. The average molecular weight is 581 g/mol. The molecule has 1 aliphatic heterocycles. The number of carbonyl (C=O) groups excluding carboxylic acids is 1. The molecule has 0 radical (unpaired) electrons. The number of fused-ring (bicyclic) bond motifs is 1. The van der Waals surface area contributed by atoms with Crippen molar-refractivity contribution < 1.29 is 14.3 Å². The number of amides is 1. The zero-order valence-corrected chi connectivity index (χ0v) is 23.7. The van der Waals surface area contributed by atoms with Gasteiger partial charge in [-0.3, -0.25) is 14.9 Å². The van der Waals surface area contributed by atoms with Crippen molar-refractivity contribution in [3.8, 4) is 28.8 Å². The monoisotopic (exact) mass is 580 g/mol. The number of pyridine rings is 2. The quantitative estimate of drug-likeness (QED) is 0.331. The maximum Gasteiger partial charge on any atom is 0.245 e. The fraction of sp³-hybridized carbons (Fsp3) is 0.296. The lowest BCUT2D eigenvalue weighted by Gasteiger charge is -2.48. The predicted molar refractivity (Wildman–Crippen MR) is 152 cm³/mol. The van der Waals surface area contributed by atoms with Crippen LogP contribution in [0.15, 0.2) is 36.8 Å². The van der Waals surface area contributed by atoms with Crippen LogP contribution in [0.2, 0.25) is 10.0 Å². The molecular formula is C27H26Cl2N8O3. The summed E-state index contributed by atoms with van der Waals surface area (Å²) in [6.07, 6.45) is 4.14. The summed E-state index contributed by atoms with van der Waals surface area (Å²) in [6, 6.07) is 7.50. The third-order valence-electron chi connectivity index (χ3n) is 6.79. The SMILES string of the molecule is COc1cc2[nH]nc(-c3cnc(N4CC(N)(C(=O)N(C)C)C4)c(C#N)c3)c2cc1O[C@H](C)c1c(Cl)cncc1Cl. The van der Waals surface area contributed by atoms with Crippen molar-refractivity contribution >= 4 is 45.8 Å². The lowest BCUT2D eigenvalue weighted by molar-refractivity contribution is -0.135. The highest BCUT2D eigenvalue weighted by Crippen LogP contribution is 2.40. The summed E-state index contributed by atoms with van der Waals surface area (Å²) in [5, 5.41) is 18.9. The molecule has 0 bridgehead atoms. The van der Waals surface area contributed by atoms with E-state index in [0.717, 1.165) is 5.39 Å². The number of ether oxygens (including phenoxy) is 2. The van der Waals surface area contributed by atoms with Gasteiger partial charge in [-0.25, -0.2) is 4.98 Å². The van der Waals surface area contributed by atoms with E-state index in [4.69, 9.17) is 38.4 Å². The molecule has 0 saturated carbocycles. The number of rotatable bonds is 7. The minimum absolute atomic E-state index is 0.168. The van der Waals surface area contributed by atoms with Gasteiger partial charge >= 0.3 is 0 Å². The molecule has 1 aromatic carbocycles. The summed E-state index contributed by atoms with van der Waals surface area (Å²) in [5.41, 5.74) is 8.10. The van der Waals surface area contributed by atoms with Gasteiger partial charge in [0.25, 0.3) is 0 Å². The van der Waals surface area contributed by atoms with Crippen molar-refractivity contribution in [2.75, 3.05) is 39.2 Å². The smallest absolute Gasteiger partial charge is 0.245 e. The number of nitrogens with zero attached hydrogens (tertiary/aromatic N) is 6. The van der Waals surface area contributed by atoms with Crippen LogP contribution < -0.4 is 20.1 Å². The number of carbonyl (C=O) groups is 1. The van der Waals surface area contributed by atoms with Gasteiger partial charge in [0.1, 0.15) is 29.2 Å². The number of nitriles is 1. The van der Waals surface area contributed by atoms with Gasteiger partial charge in [0, 0.05) is 68.4 Å². The Morgan fingerprint density at radius 1 is 1.20 bits per heavy atom. The number of nitrogens with two attached hydrogens (primary N) is 1. The molecule has 206 valence electrons. The first-order valence-corrected chi connectivity index (χ1v) is 13.0. The van der Waals surface area contributed by atoms with Crippen LogP contribution in [0.4, 0.5) is 5.82 Å². The Morgan fingerprint density at radius 2 is 1.90 bits per heavy atom. The molecule has 11 nitrogen and oxygen atoms in total. The first kappa shape index (κ1) is 27.5. The second-order valence-electron chi connectivity index (χ2n) is 9.82. The first-order chi connectivity index (χ1) is 19.1. The summed E-state index contributed by atoms with van der Waals surface area (Å²) in [4.78, 5) is 24.2. The Kier molecular flexibility index (Phi) is 7.18. The van der Waals surface area contributed by atoms with Gasteiger partial charge in [-0.2, -0.15) is 10.4 Å². The molecule has 1 fully saturated rings. The van der Waals surface area contributed by atoms with Gasteiger partial charge in [0.05, 0.1) is 28.2 Å². The van der Waals surface area contributed by atoms with E-state index < -0.39 is 11.6 Å². The van der Waals surface area contributed by atoms with Gasteiger partial charge in [-0.15, -0.1) is 0 Å². The maximum atomic E-state index is 12.4. The van der Waals surface area contributed by atoms with E-state index in [2.05, 4.69) is 26.2 Å². The van der Waals surface area contributed by atoms with Gasteiger partial charge in [-0.1, -0.05) is 23.2 Å². The second-order valence-corrected chi connectivity index (χ2v) is 10.6. The van der Waals surface area contributed by atoms with E-state index >= 15 is 0 Å². The zero-order chi connectivity index (χ0) is 28.8. The Balaban J connectivity index is 1.47. The van der Waals surface area contributed by atoms with Crippen molar-refractivity contribution in [2.24, 2.45) is 5.73 Å². The van der Waals surface area contributed by atoms with Crippen LogP contribution in [0.25, 0.3) is 22.2 Å². The van der Waals surface area contributed by atoms with Crippen molar-refractivity contribution in [1.82, 2.24) is 25.1 Å². The molecule has 3 aromatic heterocycles. The number of methoxy groups -OCH3 is 1. The van der Waals surface area contributed by atoms with Crippen molar-refractivity contribution in [2.45, 2.75) is 18.6 Å². The van der Waals surface area contributed by atoms with Crippen molar-refractivity contribution in [3.63, 3.8) is 0 Å². The number of halogens is 2. The topological polar surface area (TPSA) is 146 Å². The molecule has 1 aliphatic rings. The molecule has 1 amide bonds. The highest BCUT2D eigenvalue weighted by molar-refractivity contribution is 6.35. The summed E-state index contributed by atoms with van der Waals surface area (Å²) >= 11 is 12.7. The van der Waals surface area contributed by atoms with Crippen LogP contribution in [-0.4, -0.2) is 70.8 Å². The van der Waals surface area contributed by atoms with Crippen LogP contribution in [0.3, 0.4) is 0 Å². The second kappa shape index (κ2) is 10.5. The lowest BCUT2D eigenvalue weighted by Crippen LogP contribution is -2.74. The first-order valence-electron chi connectivity index (χ1n) is 12.2. The fourth-order valence-electron chi connectivity index (χ4n) is 4.84. The van der Waals surface area contributed by atoms with E-state index in [9.17, 15) is 10.1 Å². The Bertz CT molecular complexity index is 1640. The van der Waals surface area contributed by atoms with E-state index in [1.54, 1.807) is 45.6 Å². The largest absolute Gasteiger partial charge is 0.493 e. The average Bonchev–Trinajstić information content (AvgIpc) is 3.32. The summed E-state index contributed by atoms with van der Waals surface area (Å²) in [6.45, 7) is 2.36. The standard InChI is InChI=1S/C27H26Cl2N8O3/c1-14(23-18(28)10-32-11-19(23)29)40-22-6-17-20(7-21(22)39-4)34-35-24(17)16-5-15(8-30)25(33-9-16)37-12-27(31,13-37)26(38)36(2)3/h5-7,9-11,14H,12-13,31H2,1-4H3,(H,34,35)/t14-/m1/s1. The molecule has 1 saturated heterocycles. The van der Waals surface area contributed by atoms with Gasteiger partial charge in [0.15, 0.2) is 11.5 Å². The van der Waals surface area contributed by atoms with Crippen LogP contribution >= 0.6 is 23.2 Å². The molecule has 40 heavy (non-hydrogen) atoms. The molecule has 4 aromatic rings. The van der Waals surface area contributed by atoms with E-state index in [-0.39, 0.29) is 19.0 Å². The van der Waals surface area contributed by atoms with Crippen LogP contribution in [0, 0.1) is 11.3 Å². The number of benzene rings is 1. The Hall–Kier alpha value is -4.11. The number of nitrogens with one attached hydrogen (secondary N) is 1. The molecule has 4 heterocycles. The maximum absolute atomic E-state index is 12.4. The molecule has 1 atom stereocenters.